The second-order valence-corrected chi connectivity index (χ2v) is 7.19. The number of carbonyl (C=O) groups is 1. The number of halogens is 1. The van der Waals surface area contributed by atoms with Crippen LogP contribution in [0.4, 0.5) is 5.69 Å². The molecule has 2 nitrogen and oxygen atoms in total. The summed E-state index contributed by atoms with van der Waals surface area (Å²) in [6.07, 6.45) is 0.366. The molecule has 0 saturated heterocycles. The molecule has 2 aromatic rings. The van der Waals surface area contributed by atoms with E-state index in [2.05, 4.69) is 48.8 Å². The zero-order chi connectivity index (χ0) is 15.6. The molecule has 2 N–H and O–H groups in total. The van der Waals surface area contributed by atoms with E-state index in [1.54, 1.807) is 12.1 Å². The first-order valence-electron chi connectivity index (χ1n) is 6.95. The zero-order valence-corrected chi connectivity index (χ0v) is 14.2. The van der Waals surface area contributed by atoms with Gasteiger partial charge in [0.05, 0.1) is 0 Å². The van der Waals surface area contributed by atoms with Crippen LogP contribution in [0.25, 0.3) is 0 Å². The monoisotopic (exact) mass is 345 g/mol. The summed E-state index contributed by atoms with van der Waals surface area (Å²) in [6.45, 7) is 6.53. The fourth-order valence-electron chi connectivity index (χ4n) is 2.17. The van der Waals surface area contributed by atoms with Gasteiger partial charge in [-0.15, -0.1) is 0 Å². The van der Waals surface area contributed by atoms with E-state index >= 15 is 0 Å². The molecule has 0 aliphatic rings. The second kappa shape index (κ2) is 6.02. The van der Waals surface area contributed by atoms with Crippen molar-refractivity contribution in [3.8, 4) is 0 Å². The summed E-state index contributed by atoms with van der Waals surface area (Å²) in [5, 5.41) is 0. The van der Waals surface area contributed by atoms with E-state index in [0.29, 0.717) is 17.7 Å². The average molecular weight is 346 g/mol. The van der Waals surface area contributed by atoms with E-state index in [4.69, 9.17) is 5.73 Å². The minimum Gasteiger partial charge on any atom is -0.398 e. The highest BCUT2D eigenvalue weighted by Gasteiger charge is 2.14. The summed E-state index contributed by atoms with van der Waals surface area (Å²) in [5.41, 5.74) is 9.37. The van der Waals surface area contributed by atoms with Gasteiger partial charge >= 0.3 is 0 Å². The van der Waals surface area contributed by atoms with Crippen LogP contribution in [0.1, 0.15) is 42.3 Å². The highest BCUT2D eigenvalue weighted by molar-refractivity contribution is 9.10. The molecule has 21 heavy (non-hydrogen) atoms. The molecule has 0 aliphatic heterocycles. The Balaban J connectivity index is 2.18. The van der Waals surface area contributed by atoms with Crippen molar-refractivity contribution in [1.29, 1.82) is 0 Å². The van der Waals surface area contributed by atoms with Crippen LogP contribution >= 0.6 is 15.9 Å². The van der Waals surface area contributed by atoms with E-state index in [1.807, 2.05) is 18.2 Å². The van der Waals surface area contributed by atoms with Gasteiger partial charge in [-0.3, -0.25) is 4.79 Å². The van der Waals surface area contributed by atoms with Crippen molar-refractivity contribution in [1.82, 2.24) is 0 Å². The lowest BCUT2D eigenvalue weighted by Gasteiger charge is -2.19. The Bertz CT molecular complexity index is 654. The molecule has 2 rings (SSSR count). The maximum atomic E-state index is 12.4. The number of Topliss-reactive ketones (excluding diaryl/α,β-unsaturated/α-hetero) is 1. The van der Waals surface area contributed by atoms with Gasteiger partial charge in [-0.1, -0.05) is 61.0 Å². The first-order valence-corrected chi connectivity index (χ1v) is 7.74. The van der Waals surface area contributed by atoms with E-state index in [-0.39, 0.29) is 11.2 Å². The third-order valence-corrected chi connectivity index (χ3v) is 3.99. The third-order valence-electron chi connectivity index (χ3n) is 3.50. The minimum absolute atomic E-state index is 0.0392. The summed E-state index contributed by atoms with van der Waals surface area (Å²) in [7, 11) is 0. The number of nitrogens with two attached hydrogens (primary N) is 1. The molecule has 0 atom stereocenters. The number of hydrogen-bond donors (Lipinski definition) is 1. The number of anilines is 1. The van der Waals surface area contributed by atoms with Gasteiger partial charge in [0.2, 0.25) is 0 Å². The van der Waals surface area contributed by atoms with Crippen molar-refractivity contribution in [3.63, 3.8) is 0 Å². The van der Waals surface area contributed by atoms with Gasteiger partial charge in [-0.2, -0.15) is 0 Å². The fraction of sp³-hybridized carbons (Fsp3) is 0.278. The van der Waals surface area contributed by atoms with Crippen LogP contribution in [0.5, 0.6) is 0 Å². The molecule has 2 aromatic carbocycles. The highest BCUT2D eigenvalue weighted by atomic mass is 79.9. The molecule has 0 radical (unpaired) electrons. The molecular formula is C18H20BrNO. The summed E-state index contributed by atoms with van der Waals surface area (Å²) in [6, 6.07) is 13.6. The lowest BCUT2D eigenvalue weighted by atomic mass is 9.86. The largest absolute Gasteiger partial charge is 0.398 e. The molecule has 0 spiro atoms. The number of benzene rings is 2. The standard InChI is InChI=1S/C18H20BrNO/c1-18(2,3)13-6-4-12(5-7-13)10-17(21)15-11-14(19)8-9-16(15)20/h4-9,11H,10,20H2,1-3H3. The molecule has 0 aromatic heterocycles. The maximum Gasteiger partial charge on any atom is 0.169 e. The summed E-state index contributed by atoms with van der Waals surface area (Å²) >= 11 is 3.37. The van der Waals surface area contributed by atoms with E-state index < -0.39 is 0 Å². The van der Waals surface area contributed by atoms with Gasteiger partial charge in [0.15, 0.2) is 5.78 Å². The number of hydrogen-bond acceptors (Lipinski definition) is 2. The average Bonchev–Trinajstić information content (AvgIpc) is 2.41. The molecule has 0 unspecified atom stereocenters. The first kappa shape index (κ1) is 15.8. The number of nitrogen functional groups attached to an aromatic ring is 1. The number of carbonyl (C=O) groups excluding carboxylic acids is 1. The van der Waals surface area contributed by atoms with E-state index in [9.17, 15) is 4.79 Å². The quantitative estimate of drug-likeness (QED) is 0.644. The smallest absolute Gasteiger partial charge is 0.169 e. The van der Waals surface area contributed by atoms with Crippen LogP contribution in [0.3, 0.4) is 0 Å². The van der Waals surface area contributed by atoms with Crippen molar-refractivity contribution in [2.45, 2.75) is 32.6 Å². The predicted molar refractivity (Wildman–Crippen MR) is 91.7 cm³/mol. The Hall–Kier alpha value is -1.61. The molecule has 0 bridgehead atoms. The van der Waals surface area contributed by atoms with Crippen LogP contribution in [-0.4, -0.2) is 5.78 Å². The fourth-order valence-corrected chi connectivity index (χ4v) is 2.53. The molecule has 0 saturated carbocycles. The summed E-state index contributed by atoms with van der Waals surface area (Å²) < 4.78 is 0.864. The highest BCUT2D eigenvalue weighted by Crippen LogP contribution is 2.24. The lowest BCUT2D eigenvalue weighted by Crippen LogP contribution is -2.11. The van der Waals surface area contributed by atoms with Crippen molar-refractivity contribution >= 4 is 27.4 Å². The van der Waals surface area contributed by atoms with Gasteiger partial charge < -0.3 is 5.73 Å². The number of rotatable bonds is 3. The minimum atomic E-state index is 0.0392. The molecule has 3 heteroatoms. The third kappa shape index (κ3) is 3.94. The van der Waals surface area contributed by atoms with Gasteiger partial charge in [-0.05, 0) is 34.7 Å². The summed E-state index contributed by atoms with van der Waals surface area (Å²) in [5.74, 6) is 0.0392. The van der Waals surface area contributed by atoms with Crippen molar-refractivity contribution < 1.29 is 4.79 Å². The zero-order valence-electron chi connectivity index (χ0n) is 12.6. The normalized spacial score (nSPS) is 11.4. The summed E-state index contributed by atoms with van der Waals surface area (Å²) in [4.78, 5) is 12.4. The van der Waals surface area contributed by atoms with Gasteiger partial charge in [-0.25, -0.2) is 0 Å². The Kier molecular flexibility index (Phi) is 4.52. The van der Waals surface area contributed by atoms with Crippen molar-refractivity contribution in [2.75, 3.05) is 5.73 Å². The van der Waals surface area contributed by atoms with Gasteiger partial charge in [0.1, 0.15) is 0 Å². The topological polar surface area (TPSA) is 43.1 Å². The van der Waals surface area contributed by atoms with E-state index in [1.165, 1.54) is 5.56 Å². The Labute approximate surface area is 134 Å². The molecule has 110 valence electrons. The van der Waals surface area contributed by atoms with Crippen LogP contribution < -0.4 is 5.73 Å². The van der Waals surface area contributed by atoms with Crippen molar-refractivity contribution in [3.05, 3.63) is 63.6 Å². The SMILES string of the molecule is CC(C)(C)c1ccc(CC(=O)c2cc(Br)ccc2N)cc1. The first-order chi connectivity index (χ1) is 9.77. The van der Waals surface area contributed by atoms with Gasteiger partial charge in [0, 0.05) is 22.1 Å². The second-order valence-electron chi connectivity index (χ2n) is 6.28. The van der Waals surface area contributed by atoms with Crippen LogP contribution in [0, 0.1) is 0 Å². The molecule has 0 heterocycles. The van der Waals surface area contributed by atoms with E-state index in [0.717, 1.165) is 10.0 Å². The van der Waals surface area contributed by atoms with Crippen LogP contribution in [-0.2, 0) is 11.8 Å². The lowest BCUT2D eigenvalue weighted by molar-refractivity contribution is 0.0994. The predicted octanol–water partition coefficient (Wildman–Crippen LogP) is 4.75. The molecule has 0 aliphatic carbocycles. The maximum absolute atomic E-state index is 12.4. The Morgan fingerprint density at radius 3 is 2.29 bits per heavy atom. The van der Waals surface area contributed by atoms with Crippen LogP contribution in [0.2, 0.25) is 0 Å². The molecule has 0 fully saturated rings. The number of ketones is 1. The Morgan fingerprint density at radius 2 is 1.71 bits per heavy atom. The van der Waals surface area contributed by atoms with Crippen LogP contribution in [0.15, 0.2) is 46.9 Å². The molecular weight excluding hydrogens is 326 g/mol. The Morgan fingerprint density at radius 1 is 1.10 bits per heavy atom. The van der Waals surface area contributed by atoms with Gasteiger partial charge in [0.25, 0.3) is 0 Å². The van der Waals surface area contributed by atoms with Crippen molar-refractivity contribution in [2.24, 2.45) is 0 Å². The molecule has 0 amide bonds.